The molecule has 1 heterocycles. The number of hydrogen-bond acceptors (Lipinski definition) is 3. The standard InChI is InChI=1S/C22H20N2O2S/c1-2-26-14-13-24-19-9-5-6-10-20(19)27-22(24)23-21(25)18-12-11-16-7-3-4-8-17(16)15-18/h3-12,15H,2,13-14H2,1H3. The summed E-state index contributed by atoms with van der Waals surface area (Å²) in [5.41, 5.74) is 1.68. The maximum atomic E-state index is 12.8. The lowest BCUT2D eigenvalue weighted by molar-refractivity contribution is 0.0997. The average molecular weight is 376 g/mol. The maximum absolute atomic E-state index is 12.8. The molecular weight excluding hydrogens is 356 g/mol. The summed E-state index contributed by atoms with van der Waals surface area (Å²) >= 11 is 1.53. The number of thiazole rings is 1. The van der Waals surface area contributed by atoms with Crippen molar-refractivity contribution in [3.63, 3.8) is 0 Å². The minimum Gasteiger partial charge on any atom is -0.380 e. The van der Waals surface area contributed by atoms with E-state index in [1.165, 1.54) is 11.3 Å². The van der Waals surface area contributed by atoms with Crippen molar-refractivity contribution in [2.75, 3.05) is 13.2 Å². The largest absolute Gasteiger partial charge is 0.380 e. The Labute approximate surface area is 161 Å². The fourth-order valence-corrected chi connectivity index (χ4v) is 4.15. The number of fused-ring (bicyclic) bond motifs is 2. The second kappa shape index (κ2) is 7.86. The van der Waals surface area contributed by atoms with E-state index >= 15 is 0 Å². The van der Waals surface area contributed by atoms with Crippen LogP contribution in [0.1, 0.15) is 17.3 Å². The average Bonchev–Trinajstić information content (AvgIpc) is 3.05. The summed E-state index contributed by atoms with van der Waals surface area (Å²) < 4.78 is 8.68. The smallest absolute Gasteiger partial charge is 0.279 e. The zero-order chi connectivity index (χ0) is 18.6. The Morgan fingerprint density at radius 1 is 1.04 bits per heavy atom. The molecule has 5 heteroatoms. The highest BCUT2D eigenvalue weighted by molar-refractivity contribution is 7.16. The highest BCUT2D eigenvalue weighted by Gasteiger charge is 2.09. The Kier molecular flexibility index (Phi) is 5.14. The Balaban J connectivity index is 1.76. The molecule has 0 aliphatic carbocycles. The highest BCUT2D eigenvalue weighted by atomic mass is 32.1. The molecule has 0 fully saturated rings. The number of para-hydroxylation sites is 1. The molecule has 0 atom stereocenters. The predicted molar refractivity (Wildman–Crippen MR) is 110 cm³/mol. The first kappa shape index (κ1) is 17.6. The lowest BCUT2D eigenvalue weighted by atomic mass is 10.1. The summed E-state index contributed by atoms with van der Waals surface area (Å²) in [5.74, 6) is -0.225. The van der Waals surface area contributed by atoms with Crippen LogP contribution in [0.25, 0.3) is 21.0 Å². The molecule has 0 saturated carbocycles. The molecule has 0 saturated heterocycles. The number of ether oxygens (including phenoxy) is 1. The van der Waals surface area contributed by atoms with Gasteiger partial charge in [-0.15, -0.1) is 0 Å². The molecule has 27 heavy (non-hydrogen) atoms. The third-order valence-electron chi connectivity index (χ3n) is 4.45. The zero-order valence-electron chi connectivity index (χ0n) is 15.1. The third kappa shape index (κ3) is 3.70. The van der Waals surface area contributed by atoms with Crippen LogP contribution >= 0.6 is 11.3 Å². The van der Waals surface area contributed by atoms with Crippen LogP contribution in [0.5, 0.6) is 0 Å². The van der Waals surface area contributed by atoms with Crippen molar-refractivity contribution in [3.05, 3.63) is 77.1 Å². The van der Waals surface area contributed by atoms with Gasteiger partial charge in [-0.05, 0) is 42.0 Å². The minimum atomic E-state index is -0.225. The van der Waals surface area contributed by atoms with E-state index in [-0.39, 0.29) is 5.91 Å². The molecule has 4 nitrogen and oxygen atoms in total. The molecule has 0 radical (unpaired) electrons. The number of nitrogens with zero attached hydrogens (tertiary/aromatic N) is 2. The van der Waals surface area contributed by atoms with Crippen molar-refractivity contribution in [2.24, 2.45) is 4.99 Å². The van der Waals surface area contributed by atoms with Crippen molar-refractivity contribution in [3.8, 4) is 0 Å². The van der Waals surface area contributed by atoms with Gasteiger partial charge in [0.15, 0.2) is 4.80 Å². The van der Waals surface area contributed by atoms with Gasteiger partial charge in [0, 0.05) is 18.7 Å². The molecule has 4 rings (SSSR count). The van der Waals surface area contributed by atoms with Crippen molar-refractivity contribution in [1.82, 2.24) is 4.57 Å². The number of aromatic nitrogens is 1. The quantitative estimate of drug-likeness (QED) is 0.477. The van der Waals surface area contributed by atoms with Crippen LogP contribution in [-0.4, -0.2) is 23.7 Å². The molecule has 136 valence electrons. The lowest BCUT2D eigenvalue weighted by Gasteiger charge is -2.05. The van der Waals surface area contributed by atoms with E-state index in [4.69, 9.17) is 4.74 Å². The van der Waals surface area contributed by atoms with Crippen LogP contribution in [-0.2, 0) is 11.3 Å². The maximum Gasteiger partial charge on any atom is 0.279 e. The van der Waals surface area contributed by atoms with Gasteiger partial charge in [-0.25, -0.2) is 0 Å². The third-order valence-corrected chi connectivity index (χ3v) is 5.50. The molecule has 3 aromatic carbocycles. The van der Waals surface area contributed by atoms with Crippen LogP contribution in [0.15, 0.2) is 71.7 Å². The Morgan fingerprint density at radius 2 is 1.81 bits per heavy atom. The van der Waals surface area contributed by atoms with Gasteiger partial charge in [-0.1, -0.05) is 53.8 Å². The molecule has 0 N–H and O–H groups in total. The normalized spacial score (nSPS) is 12.1. The highest BCUT2D eigenvalue weighted by Crippen LogP contribution is 2.18. The van der Waals surface area contributed by atoms with Crippen molar-refractivity contribution in [1.29, 1.82) is 0 Å². The van der Waals surface area contributed by atoms with Crippen molar-refractivity contribution >= 4 is 38.2 Å². The van der Waals surface area contributed by atoms with Gasteiger partial charge >= 0.3 is 0 Å². The van der Waals surface area contributed by atoms with E-state index < -0.39 is 0 Å². The molecule has 0 aliphatic heterocycles. The molecule has 4 aromatic rings. The van der Waals surface area contributed by atoms with Crippen LogP contribution in [0.4, 0.5) is 0 Å². The van der Waals surface area contributed by atoms with Gasteiger partial charge in [0.2, 0.25) is 0 Å². The van der Waals surface area contributed by atoms with Crippen LogP contribution < -0.4 is 4.80 Å². The summed E-state index contributed by atoms with van der Waals surface area (Å²) in [6.07, 6.45) is 0. The number of rotatable bonds is 5. The predicted octanol–water partition coefficient (Wildman–Crippen LogP) is 4.63. The van der Waals surface area contributed by atoms with Gasteiger partial charge in [0.05, 0.1) is 16.8 Å². The van der Waals surface area contributed by atoms with E-state index in [0.717, 1.165) is 21.0 Å². The summed E-state index contributed by atoms with van der Waals surface area (Å²) in [7, 11) is 0. The van der Waals surface area contributed by atoms with Crippen LogP contribution in [0.3, 0.4) is 0 Å². The Bertz CT molecular complexity index is 1170. The molecule has 1 aromatic heterocycles. The van der Waals surface area contributed by atoms with E-state index in [1.807, 2.05) is 61.5 Å². The summed E-state index contributed by atoms with van der Waals surface area (Å²) in [5, 5.41) is 2.15. The van der Waals surface area contributed by atoms with E-state index in [2.05, 4.69) is 21.7 Å². The van der Waals surface area contributed by atoms with Gasteiger partial charge in [0.1, 0.15) is 0 Å². The topological polar surface area (TPSA) is 43.6 Å². The summed E-state index contributed by atoms with van der Waals surface area (Å²) in [6.45, 7) is 3.91. The van der Waals surface area contributed by atoms with E-state index in [9.17, 15) is 4.79 Å². The van der Waals surface area contributed by atoms with Crippen molar-refractivity contribution < 1.29 is 9.53 Å². The first-order valence-corrected chi connectivity index (χ1v) is 9.82. The van der Waals surface area contributed by atoms with E-state index in [1.54, 1.807) is 0 Å². The van der Waals surface area contributed by atoms with Crippen LogP contribution in [0, 0.1) is 0 Å². The Hall–Kier alpha value is -2.76. The molecule has 0 unspecified atom stereocenters. The number of amides is 1. The SMILES string of the molecule is CCOCCn1c(=NC(=O)c2ccc3ccccc3c2)sc2ccccc21. The second-order valence-corrected chi connectivity index (χ2v) is 7.19. The van der Waals surface area contributed by atoms with Gasteiger partial charge < -0.3 is 9.30 Å². The van der Waals surface area contributed by atoms with E-state index in [0.29, 0.717) is 30.1 Å². The fraction of sp³-hybridized carbons (Fsp3) is 0.182. The molecule has 0 aliphatic rings. The fourth-order valence-electron chi connectivity index (χ4n) is 3.10. The minimum absolute atomic E-state index is 0.225. The lowest BCUT2D eigenvalue weighted by Crippen LogP contribution is -2.19. The molecule has 1 amide bonds. The number of benzene rings is 3. The number of carbonyl (C=O) groups excluding carboxylic acids is 1. The van der Waals surface area contributed by atoms with Gasteiger partial charge in [0.25, 0.3) is 5.91 Å². The van der Waals surface area contributed by atoms with Crippen molar-refractivity contribution in [2.45, 2.75) is 13.5 Å². The monoisotopic (exact) mass is 376 g/mol. The molecule has 0 spiro atoms. The first-order valence-electron chi connectivity index (χ1n) is 9.00. The summed E-state index contributed by atoms with van der Waals surface area (Å²) in [4.78, 5) is 18.0. The Morgan fingerprint density at radius 3 is 2.67 bits per heavy atom. The zero-order valence-corrected chi connectivity index (χ0v) is 15.9. The first-order chi connectivity index (χ1) is 13.3. The second-order valence-electron chi connectivity index (χ2n) is 6.18. The van der Waals surface area contributed by atoms with Gasteiger partial charge in [-0.2, -0.15) is 4.99 Å². The molecular formula is C22H20N2O2S. The molecule has 0 bridgehead atoms. The number of carbonyl (C=O) groups is 1. The van der Waals surface area contributed by atoms with Gasteiger partial charge in [-0.3, -0.25) is 4.79 Å². The summed E-state index contributed by atoms with van der Waals surface area (Å²) in [6, 6.07) is 21.8. The number of hydrogen-bond donors (Lipinski definition) is 0. The van der Waals surface area contributed by atoms with Crippen LogP contribution in [0.2, 0.25) is 0 Å².